The summed E-state index contributed by atoms with van der Waals surface area (Å²) in [5, 5.41) is 4.16. The molecule has 27 heavy (non-hydrogen) atoms. The topological polar surface area (TPSA) is 105 Å². The van der Waals surface area contributed by atoms with E-state index >= 15 is 0 Å². The van der Waals surface area contributed by atoms with Crippen LogP contribution in [-0.2, 0) is 20.9 Å². The molecule has 1 aliphatic carbocycles. The first-order valence-corrected chi connectivity index (χ1v) is 8.93. The SMILES string of the molecule is CC(=O)OC1CCCC1OCc1ncc(-c2ccn3nc(N)cc3c2)cn1. The summed E-state index contributed by atoms with van der Waals surface area (Å²) < 4.78 is 12.9. The highest BCUT2D eigenvalue weighted by Gasteiger charge is 2.30. The lowest BCUT2D eigenvalue weighted by Gasteiger charge is -2.19. The summed E-state index contributed by atoms with van der Waals surface area (Å²) in [7, 11) is 0. The highest BCUT2D eigenvalue weighted by Crippen LogP contribution is 2.26. The number of pyridine rings is 1. The van der Waals surface area contributed by atoms with Crippen LogP contribution >= 0.6 is 0 Å². The molecule has 8 nitrogen and oxygen atoms in total. The van der Waals surface area contributed by atoms with Gasteiger partial charge in [-0.1, -0.05) is 0 Å². The number of ether oxygens (including phenoxy) is 2. The van der Waals surface area contributed by atoms with E-state index in [0.29, 0.717) is 18.2 Å². The minimum absolute atomic E-state index is 0.0908. The summed E-state index contributed by atoms with van der Waals surface area (Å²) in [6, 6.07) is 5.74. The third kappa shape index (κ3) is 3.90. The number of aromatic nitrogens is 4. The van der Waals surface area contributed by atoms with Crippen molar-refractivity contribution in [1.29, 1.82) is 0 Å². The minimum atomic E-state index is -0.270. The zero-order chi connectivity index (χ0) is 18.8. The van der Waals surface area contributed by atoms with E-state index in [1.807, 2.05) is 24.4 Å². The molecule has 0 amide bonds. The maximum Gasteiger partial charge on any atom is 0.302 e. The Morgan fingerprint density at radius 1 is 1.22 bits per heavy atom. The van der Waals surface area contributed by atoms with Gasteiger partial charge >= 0.3 is 5.97 Å². The molecule has 1 saturated carbocycles. The molecule has 140 valence electrons. The van der Waals surface area contributed by atoms with Gasteiger partial charge in [0.1, 0.15) is 18.5 Å². The average molecular weight is 367 g/mol. The highest BCUT2D eigenvalue weighted by atomic mass is 16.6. The van der Waals surface area contributed by atoms with Gasteiger partial charge in [-0.3, -0.25) is 4.79 Å². The maximum atomic E-state index is 11.2. The lowest BCUT2D eigenvalue weighted by molar-refractivity contribution is -0.153. The van der Waals surface area contributed by atoms with Crippen LogP contribution in [-0.4, -0.2) is 37.8 Å². The summed E-state index contributed by atoms with van der Waals surface area (Å²) in [4.78, 5) is 20.0. The first kappa shape index (κ1) is 17.4. The first-order chi connectivity index (χ1) is 13.1. The summed E-state index contributed by atoms with van der Waals surface area (Å²) in [6.07, 6.45) is 7.85. The van der Waals surface area contributed by atoms with Crippen molar-refractivity contribution in [2.24, 2.45) is 0 Å². The zero-order valence-corrected chi connectivity index (χ0v) is 15.0. The standard InChI is InChI=1S/C19H21N5O3/c1-12(25)27-17-4-2-3-16(17)26-11-19-21-9-14(10-22-19)13-5-6-24-15(7-13)8-18(20)23-24/h5-10,16-17H,2-4,11H2,1H3,(H2,20,23). The number of nitrogen functional groups attached to an aromatic ring is 1. The molecule has 0 radical (unpaired) electrons. The molecule has 3 aromatic heterocycles. The van der Waals surface area contributed by atoms with Crippen LogP contribution in [0.15, 0.2) is 36.8 Å². The van der Waals surface area contributed by atoms with Gasteiger partial charge in [0.25, 0.3) is 0 Å². The highest BCUT2D eigenvalue weighted by molar-refractivity contribution is 5.69. The number of nitrogens with zero attached hydrogens (tertiary/aromatic N) is 4. The quantitative estimate of drug-likeness (QED) is 0.690. The van der Waals surface area contributed by atoms with Crippen molar-refractivity contribution >= 4 is 17.3 Å². The predicted octanol–water partition coefficient (Wildman–Crippen LogP) is 2.37. The Labute approximate surface area is 156 Å². The van der Waals surface area contributed by atoms with Gasteiger partial charge in [-0.2, -0.15) is 5.10 Å². The fourth-order valence-corrected chi connectivity index (χ4v) is 3.38. The molecule has 4 rings (SSSR count). The van der Waals surface area contributed by atoms with Gasteiger partial charge in [0.2, 0.25) is 0 Å². The van der Waals surface area contributed by atoms with Crippen molar-refractivity contribution in [3.8, 4) is 11.1 Å². The van der Waals surface area contributed by atoms with Crippen LogP contribution in [0.2, 0.25) is 0 Å². The predicted molar refractivity (Wildman–Crippen MR) is 98.6 cm³/mol. The van der Waals surface area contributed by atoms with Crippen LogP contribution in [0.4, 0.5) is 5.82 Å². The van der Waals surface area contributed by atoms with Crippen LogP contribution in [0, 0.1) is 0 Å². The minimum Gasteiger partial charge on any atom is -0.460 e. The molecule has 0 aliphatic heterocycles. The van der Waals surface area contributed by atoms with E-state index in [4.69, 9.17) is 15.2 Å². The Bertz CT molecular complexity index is 954. The van der Waals surface area contributed by atoms with E-state index < -0.39 is 0 Å². The fourth-order valence-electron chi connectivity index (χ4n) is 3.38. The second-order valence-electron chi connectivity index (χ2n) is 6.67. The zero-order valence-electron chi connectivity index (χ0n) is 15.0. The number of carbonyl (C=O) groups is 1. The number of fused-ring (bicyclic) bond motifs is 1. The van der Waals surface area contributed by atoms with E-state index in [2.05, 4.69) is 15.1 Å². The molecular weight excluding hydrogens is 346 g/mol. The lowest BCUT2D eigenvalue weighted by Crippen LogP contribution is -2.28. The van der Waals surface area contributed by atoms with Gasteiger partial charge in [-0.25, -0.2) is 14.5 Å². The number of anilines is 1. The van der Waals surface area contributed by atoms with E-state index in [1.165, 1.54) is 6.92 Å². The Morgan fingerprint density at radius 3 is 2.78 bits per heavy atom. The molecule has 0 spiro atoms. The van der Waals surface area contributed by atoms with Crippen LogP contribution < -0.4 is 5.73 Å². The van der Waals surface area contributed by atoms with Crippen LogP contribution in [0.3, 0.4) is 0 Å². The summed E-state index contributed by atoms with van der Waals surface area (Å²) in [5.41, 5.74) is 8.52. The number of hydrogen-bond acceptors (Lipinski definition) is 7. The van der Waals surface area contributed by atoms with E-state index in [-0.39, 0.29) is 18.2 Å². The van der Waals surface area contributed by atoms with Gasteiger partial charge < -0.3 is 15.2 Å². The molecule has 2 N–H and O–H groups in total. The van der Waals surface area contributed by atoms with Crippen LogP contribution in [0.5, 0.6) is 0 Å². The van der Waals surface area contributed by atoms with Crippen molar-refractivity contribution in [1.82, 2.24) is 19.6 Å². The summed E-state index contributed by atoms with van der Waals surface area (Å²) in [6.45, 7) is 1.72. The normalized spacial score (nSPS) is 19.4. The number of hydrogen-bond donors (Lipinski definition) is 1. The number of rotatable bonds is 5. The number of nitrogens with two attached hydrogens (primary N) is 1. The number of carbonyl (C=O) groups excluding carboxylic acids is 1. The summed E-state index contributed by atoms with van der Waals surface area (Å²) in [5.74, 6) is 0.810. The van der Waals surface area contributed by atoms with Gasteiger partial charge in [-0.15, -0.1) is 0 Å². The lowest BCUT2D eigenvalue weighted by atomic mass is 10.1. The molecule has 0 saturated heterocycles. The Hall–Kier alpha value is -3.00. The Kier molecular flexibility index (Phi) is 4.72. The molecule has 0 aromatic carbocycles. The maximum absolute atomic E-state index is 11.2. The molecule has 3 heterocycles. The number of esters is 1. The Morgan fingerprint density at radius 2 is 2.00 bits per heavy atom. The van der Waals surface area contributed by atoms with Gasteiger partial charge in [0.15, 0.2) is 5.82 Å². The van der Waals surface area contributed by atoms with E-state index in [9.17, 15) is 4.79 Å². The Balaban J connectivity index is 1.41. The monoisotopic (exact) mass is 367 g/mol. The molecule has 2 unspecified atom stereocenters. The van der Waals surface area contributed by atoms with Gasteiger partial charge in [0.05, 0.1) is 11.6 Å². The van der Waals surface area contributed by atoms with Crippen molar-refractivity contribution in [2.45, 2.75) is 45.0 Å². The third-order valence-electron chi connectivity index (χ3n) is 4.66. The van der Waals surface area contributed by atoms with E-state index in [0.717, 1.165) is 35.9 Å². The molecule has 0 bridgehead atoms. The molecule has 3 aromatic rings. The fraction of sp³-hybridized carbons (Fsp3) is 0.368. The first-order valence-electron chi connectivity index (χ1n) is 8.93. The van der Waals surface area contributed by atoms with Crippen molar-refractivity contribution in [3.05, 3.63) is 42.6 Å². The van der Waals surface area contributed by atoms with Gasteiger partial charge in [0, 0.05) is 37.1 Å². The average Bonchev–Trinajstić information content (AvgIpc) is 3.24. The molecule has 1 aliphatic rings. The van der Waals surface area contributed by atoms with Crippen molar-refractivity contribution in [3.63, 3.8) is 0 Å². The third-order valence-corrected chi connectivity index (χ3v) is 4.66. The molecule has 8 heteroatoms. The van der Waals surface area contributed by atoms with Crippen molar-refractivity contribution < 1.29 is 14.3 Å². The van der Waals surface area contributed by atoms with Crippen LogP contribution in [0.25, 0.3) is 16.6 Å². The molecular formula is C19H21N5O3. The molecule has 2 atom stereocenters. The van der Waals surface area contributed by atoms with Crippen LogP contribution in [0.1, 0.15) is 32.0 Å². The molecule has 1 fully saturated rings. The van der Waals surface area contributed by atoms with Gasteiger partial charge in [-0.05, 0) is 37.0 Å². The second kappa shape index (κ2) is 7.32. The summed E-state index contributed by atoms with van der Waals surface area (Å²) >= 11 is 0. The largest absolute Gasteiger partial charge is 0.460 e. The van der Waals surface area contributed by atoms with Crippen molar-refractivity contribution in [2.75, 3.05) is 5.73 Å². The van der Waals surface area contributed by atoms with E-state index in [1.54, 1.807) is 16.9 Å². The smallest absolute Gasteiger partial charge is 0.302 e. The second-order valence-corrected chi connectivity index (χ2v) is 6.67.